The Balaban J connectivity index is 1.50. The van der Waals surface area contributed by atoms with Gasteiger partial charge in [-0.25, -0.2) is 9.78 Å². The number of rotatable bonds is 6. The van der Waals surface area contributed by atoms with E-state index in [4.69, 9.17) is 9.47 Å². The van der Waals surface area contributed by atoms with Crippen LogP contribution < -0.4 is 10.1 Å². The van der Waals surface area contributed by atoms with Crippen LogP contribution in [0.5, 0.6) is 5.88 Å². The van der Waals surface area contributed by atoms with Gasteiger partial charge in [-0.15, -0.1) is 0 Å². The summed E-state index contributed by atoms with van der Waals surface area (Å²) in [7, 11) is 0. The zero-order chi connectivity index (χ0) is 20.9. The largest absolute Gasteiger partial charge is 0.478 e. The number of carbonyl (C=O) groups excluding carboxylic acids is 2. The first-order valence-corrected chi connectivity index (χ1v) is 9.89. The fourth-order valence-corrected chi connectivity index (χ4v) is 3.49. The first-order valence-electron chi connectivity index (χ1n) is 9.89. The molecule has 152 valence electrons. The molecule has 0 radical (unpaired) electrons. The number of nitrogens with one attached hydrogen (secondary N) is 1. The predicted octanol–water partition coefficient (Wildman–Crippen LogP) is 3.86. The summed E-state index contributed by atoms with van der Waals surface area (Å²) < 4.78 is 11.1. The van der Waals surface area contributed by atoms with Gasteiger partial charge in [0.05, 0.1) is 12.2 Å². The standard InChI is InChI=1S/C24H22N2O4/c1-2-29-23-18(9-6-12-25-23)15-26-22(27)17-10-11-20-19(13-17)14-21(30-24(20)28)16-7-4-3-5-8-16/h3-13,21H,2,14-15H2,1H3,(H,26,27). The number of benzene rings is 2. The molecule has 6 nitrogen and oxygen atoms in total. The van der Waals surface area contributed by atoms with E-state index in [1.165, 1.54) is 0 Å². The van der Waals surface area contributed by atoms with E-state index in [9.17, 15) is 9.59 Å². The molecule has 1 unspecified atom stereocenters. The lowest BCUT2D eigenvalue weighted by Gasteiger charge is -2.25. The van der Waals surface area contributed by atoms with Crippen molar-refractivity contribution >= 4 is 11.9 Å². The van der Waals surface area contributed by atoms with Gasteiger partial charge in [-0.05, 0) is 42.3 Å². The smallest absolute Gasteiger partial charge is 0.339 e. The van der Waals surface area contributed by atoms with Gasteiger partial charge in [-0.3, -0.25) is 4.79 Å². The van der Waals surface area contributed by atoms with E-state index in [-0.39, 0.29) is 18.0 Å². The Bertz CT molecular complexity index is 1070. The number of fused-ring (bicyclic) bond motifs is 1. The van der Waals surface area contributed by atoms with Crippen LogP contribution in [-0.2, 0) is 17.7 Å². The molecule has 2 heterocycles. The molecule has 1 aliphatic rings. The van der Waals surface area contributed by atoms with Crippen LogP contribution in [0, 0.1) is 0 Å². The molecule has 4 rings (SSSR count). The van der Waals surface area contributed by atoms with Gasteiger partial charge >= 0.3 is 5.97 Å². The Labute approximate surface area is 174 Å². The van der Waals surface area contributed by atoms with Gasteiger partial charge in [0.25, 0.3) is 5.91 Å². The average molecular weight is 402 g/mol. The van der Waals surface area contributed by atoms with Crippen molar-refractivity contribution in [3.63, 3.8) is 0 Å². The van der Waals surface area contributed by atoms with Crippen molar-refractivity contribution in [2.24, 2.45) is 0 Å². The fraction of sp³-hybridized carbons (Fsp3) is 0.208. The average Bonchev–Trinajstić information content (AvgIpc) is 2.78. The van der Waals surface area contributed by atoms with Crippen molar-refractivity contribution in [3.8, 4) is 5.88 Å². The highest BCUT2D eigenvalue weighted by molar-refractivity contribution is 5.97. The minimum Gasteiger partial charge on any atom is -0.478 e. The number of nitrogens with zero attached hydrogens (tertiary/aromatic N) is 1. The van der Waals surface area contributed by atoms with E-state index in [1.54, 1.807) is 30.5 Å². The van der Waals surface area contributed by atoms with Gasteiger partial charge in [-0.1, -0.05) is 36.4 Å². The molecular formula is C24H22N2O4. The van der Waals surface area contributed by atoms with E-state index >= 15 is 0 Å². The molecular weight excluding hydrogens is 380 g/mol. The Morgan fingerprint density at radius 1 is 1.17 bits per heavy atom. The Morgan fingerprint density at radius 3 is 2.80 bits per heavy atom. The summed E-state index contributed by atoms with van der Waals surface area (Å²) in [5.74, 6) is -0.0766. The zero-order valence-corrected chi connectivity index (χ0v) is 16.6. The van der Waals surface area contributed by atoms with Crippen molar-refractivity contribution in [2.45, 2.75) is 26.0 Å². The van der Waals surface area contributed by atoms with Crippen molar-refractivity contribution < 1.29 is 19.1 Å². The summed E-state index contributed by atoms with van der Waals surface area (Å²) in [5, 5.41) is 2.90. The monoisotopic (exact) mass is 402 g/mol. The molecule has 0 bridgehead atoms. The van der Waals surface area contributed by atoms with Crippen LogP contribution >= 0.6 is 0 Å². The lowest BCUT2D eigenvalue weighted by atomic mass is 9.93. The molecule has 30 heavy (non-hydrogen) atoms. The predicted molar refractivity (Wildman–Crippen MR) is 111 cm³/mol. The minimum absolute atomic E-state index is 0.223. The van der Waals surface area contributed by atoms with E-state index < -0.39 is 0 Å². The summed E-state index contributed by atoms with van der Waals surface area (Å²) in [6, 6.07) is 18.4. The quantitative estimate of drug-likeness (QED) is 0.634. The Kier molecular flexibility index (Phi) is 5.75. The lowest BCUT2D eigenvalue weighted by molar-refractivity contribution is 0.0252. The number of carbonyl (C=O) groups is 2. The third kappa shape index (κ3) is 4.17. The van der Waals surface area contributed by atoms with E-state index in [1.807, 2.05) is 43.3 Å². The van der Waals surface area contributed by atoms with E-state index in [0.717, 1.165) is 16.7 Å². The molecule has 2 aromatic carbocycles. The zero-order valence-electron chi connectivity index (χ0n) is 16.6. The number of esters is 1. The molecule has 3 aromatic rings. The highest BCUT2D eigenvalue weighted by Crippen LogP contribution is 2.31. The Hall–Kier alpha value is -3.67. The maximum Gasteiger partial charge on any atom is 0.339 e. The third-order valence-electron chi connectivity index (χ3n) is 4.98. The molecule has 1 aromatic heterocycles. The molecule has 0 saturated carbocycles. The van der Waals surface area contributed by atoms with Crippen molar-refractivity contribution in [2.75, 3.05) is 6.61 Å². The summed E-state index contributed by atoms with van der Waals surface area (Å²) in [6.45, 7) is 2.69. The summed E-state index contributed by atoms with van der Waals surface area (Å²) in [4.78, 5) is 29.3. The number of hydrogen-bond acceptors (Lipinski definition) is 5. The number of amides is 1. The molecule has 1 aliphatic heterocycles. The number of ether oxygens (including phenoxy) is 2. The van der Waals surface area contributed by atoms with E-state index in [2.05, 4.69) is 10.3 Å². The summed E-state index contributed by atoms with van der Waals surface area (Å²) >= 11 is 0. The molecule has 0 saturated heterocycles. The van der Waals surface area contributed by atoms with Crippen LogP contribution in [0.4, 0.5) is 0 Å². The van der Waals surface area contributed by atoms with Gasteiger partial charge in [0, 0.05) is 30.3 Å². The first kappa shape index (κ1) is 19.6. The number of aromatic nitrogens is 1. The minimum atomic E-state index is -0.367. The van der Waals surface area contributed by atoms with Crippen molar-refractivity contribution in [1.82, 2.24) is 10.3 Å². The van der Waals surface area contributed by atoms with Crippen molar-refractivity contribution in [1.29, 1.82) is 0 Å². The first-order chi connectivity index (χ1) is 14.7. The summed E-state index contributed by atoms with van der Waals surface area (Å²) in [6.07, 6.45) is 1.83. The van der Waals surface area contributed by atoms with Gasteiger partial charge in [0.1, 0.15) is 6.10 Å². The van der Waals surface area contributed by atoms with E-state index in [0.29, 0.717) is 36.6 Å². The number of pyridine rings is 1. The topological polar surface area (TPSA) is 77.5 Å². The van der Waals surface area contributed by atoms with Crippen LogP contribution in [0.15, 0.2) is 66.9 Å². The highest BCUT2D eigenvalue weighted by atomic mass is 16.5. The second-order valence-electron chi connectivity index (χ2n) is 6.96. The van der Waals surface area contributed by atoms with Crippen LogP contribution in [0.1, 0.15) is 50.4 Å². The maximum atomic E-state index is 12.7. The van der Waals surface area contributed by atoms with Crippen LogP contribution in [0.25, 0.3) is 0 Å². The molecule has 0 aliphatic carbocycles. The second-order valence-corrected chi connectivity index (χ2v) is 6.96. The molecule has 1 amide bonds. The molecule has 1 N–H and O–H groups in total. The number of hydrogen-bond donors (Lipinski definition) is 1. The maximum absolute atomic E-state index is 12.7. The van der Waals surface area contributed by atoms with Gasteiger partial charge in [0.15, 0.2) is 0 Å². The molecule has 1 atom stereocenters. The lowest BCUT2D eigenvalue weighted by Crippen LogP contribution is -2.25. The second kappa shape index (κ2) is 8.78. The third-order valence-corrected chi connectivity index (χ3v) is 4.98. The normalized spacial score (nSPS) is 15.1. The van der Waals surface area contributed by atoms with Gasteiger partial charge in [-0.2, -0.15) is 0 Å². The van der Waals surface area contributed by atoms with Crippen molar-refractivity contribution in [3.05, 3.63) is 94.7 Å². The number of cyclic esters (lactones) is 1. The molecule has 0 fully saturated rings. The van der Waals surface area contributed by atoms with Crippen LogP contribution in [0.3, 0.4) is 0 Å². The Morgan fingerprint density at radius 2 is 2.00 bits per heavy atom. The molecule has 6 heteroatoms. The SMILES string of the molecule is CCOc1ncccc1CNC(=O)c1ccc2c(c1)CC(c1ccccc1)OC2=O. The highest BCUT2D eigenvalue weighted by Gasteiger charge is 2.28. The summed E-state index contributed by atoms with van der Waals surface area (Å²) in [5.41, 5.74) is 3.55. The van der Waals surface area contributed by atoms with Crippen LogP contribution in [0.2, 0.25) is 0 Å². The van der Waals surface area contributed by atoms with Gasteiger partial charge < -0.3 is 14.8 Å². The fourth-order valence-electron chi connectivity index (χ4n) is 3.49. The van der Waals surface area contributed by atoms with Gasteiger partial charge in [0.2, 0.25) is 5.88 Å². The van der Waals surface area contributed by atoms with Crippen LogP contribution in [-0.4, -0.2) is 23.5 Å². The molecule has 0 spiro atoms.